The highest BCUT2D eigenvalue weighted by molar-refractivity contribution is 8.03. The Balaban J connectivity index is 2.13. The van der Waals surface area contributed by atoms with Crippen LogP contribution in [0.1, 0.15) is 6.42 Å². The van der Waals surface area contributed by atoms with E-state index < -0.39 is 23.5 Å². The molecule has 9 heteroatoms. The van der Waals surface area contributed by atoms with Gasteiger partial charge in [-0.15, -0.1) is 11.8 Å². The molecular formula is C17H15F3N2O3S. The maximum Gasteiger partial charge on any atom is 0.455 e. The normalized spacial score (nSPS) is 17.3. The number of ether oxygens (including phenoxy) is 1. The van der Waals surface area contributed by atoms with Gasteiger partial charge in [-0.05, 0) is 30.7 Å². The van der Waals surface area contributed by atoms with Crippen molar-refractivity contribution in [3.63, 3.8) is 0 Å². The number of carbonyl (C=O) groups excluding carboxylic acids is 2. The molecule has 0 amide bonds. The molecule has 0 aliphatic carbocycles. The molecular weight excluding hydrogens is 369 g/mol. The van der Waals surface area contributed by atoms with Gasteiger partial charge in [0, 0.05) is 35.1 Å². The number of alkyl halides is 3. The zero-order valence-corrected chi connectivity index (χ0v) is 14.5. The lowest BCUT2D eigenvalue weighted by molar-refractivity contribution is -0.168. The summed E-state index contributed by atoms with van der Waals surface area (Å²) in [4.78, 5) is 28.5. The maximum absolute atomic E-state index is 13.0. The molecule has 3 rings (SSSR count). The number of aromatic amines is 1. The third-order valence-electron chi connectivity index (χ3n) is 3.95. The fraction of sp³-hybridized carbons (Fsp3) is 0.294. The van der Waals surface area contributed by atoms with Crippen LogP contribution >= 0.6 is 11.8 Å². The molecule has 1 aliphatic rings. The van der Waals surface area contributed by atoms with Crippen molar-refractivity contribution in [2.75, 3.05) is 24.3 Å². The molecule has 2 aromatic rings. The highest BCUT2D eigenvalue weighted by Crippen LogP contribution is 2.37. The van der Waals surface area contributed by atoms with Crippen molar-refractivity contribution in [3.8, 4) is 0 Å². The number of aromatic nitrogens is 1. The third kappa shape index (κ3) is 3.44. The fourth-order valence-corrected chi connectivity index (χ4v) is 3.89. The van der Waals surface area contributed by atoms with Gasteiger partial charge in [0.15, 0.2) is 0 Å². The zero-order valence-electron chi connectivity index (χ0n) is 13.7. The molecule has 5 nitrogen and oxygen atoms in total. The van der Waals surface area contributed by atoms with E-state index >= 15 is 0 Å². The first-order chi connectivity index (χ1) is 12.3. The van der Waals surface area contributed by atoms with Gasteiger partial charge < -0.3 is 14.6 Å². The summed E-state index contributed by atoms with van der Waals surface area (Å²) in [6, 6.07) is 7.16. The van der Waals surface area contributed by atoms with Crippen LogP contribution in [0.25, 0.3) is 10.9 Å². The van der Waals surface area contributed by atoms with Crippen LogP contribution in [0.15, 0.2) is 41.1 Å². The Bertz CT molecular complexity index is 889. The van der Waals surface area contributed by atoms with E-state index in [-0.39, 0.29) is 5.03 Å². The number of carbonyl (C=O) groups is 2. The number of esters is 1. The summed E-state index contributed by atoms with van der Waals surface area (Å²) < 4.78 is 43.5. The molecule has 0 radical (unpaired) electrons. The number of H-pyrrole nitrogens is 1. The van der Waals surface area contributed by atoms with Crippen LogP contribution < -0.4 is 4.90 Å². The van der Waals surface area contributed by atoms with Gasteiger partial charge in [-0.3, -0.25) is 4.79 Å². The largest absolute Gasteiger partial charge is 0.465 e. The Morgan fingerprint density at radius 1 is 1.27 bits per heavy atom. The predicted molar refractivity (Wildman–Crippen MR) is 92.8 cm³/mol. The monoisotopic (exact) mass is 384 g/mol. The standard InChI is InChI=1S/C17H15F3N2O3S/c1-25-16(24)13(14(23)17(18,19)20)15-22(7-2-8-26-15)11-3-4-12-10(9-11)5-6-21-12/h3-6,9,21H,2,7-8H2,1H3/b15-13-. The molecule has 0 atom stereocenters. The van der Waals surface area contributed by atoms with E-state index in [4.69, 9.17) is 0 Å². The summed E-state index contributed by atoms with van der Waals surface area (Å²) in [5, 5.41) is 0.847. The summed E-state index contributed by atoms with van der Waals surface area (Å²) in [6.45, 7) is 0.393. The molecule has 26 heavy (non-hydrogen) atoms. The number of nitrogens with zero attached hydrogens (tertiary/aromatic N) is 1. The third-order valence-corrected chi connectivity index (χ3v) is 5.14. The number of anilines is 1. The van der Waals surface area contributed by atoms with Crippen molar-refractivity contribution >= 4 is 40.1 Å². The fourth-order valence-electron chi connectivity index (χ4n) is 2.75. The number of halogens is 3. The summed E-state index contributed by atoms with van der Waals surface area (Å²) in [7, 11) is 0.955. The molecule has 1 aromatic heterocycles. The van der Waals surface area contributed by atoms with Crippen LogP contribution in [-0.2, 0) is 14.3 Å². The SMILES string of the molecule is COC(=O)/C(C(=O)C(F)(F)F)=C1\SCCCN1c1ccc2[nH]ccc2c1. The second-order valence-corrected chi connectivity index (χ2v) is 6.69. The average molecular weight is 384 g/mol. The Morgan fingerprint density at radius 2 is 2.04 bits per heavy atom. The zero-order chi connectivity index (χ0) is 18.9. The van der Waals surface area contributed by atoms with Crippen molar-refractivity contribution in [2.45, 2.75) is 12.6 Å². The van der Waals surface area contributed by atoms with Gasteiger partial charge in [0.1, 0.15) is 5.57 Å². The minimum absolute atomic E-state index is 0.0275. The van der Waals surface area contributed by atoms with Gasteiger partial charge in [0.05, 0.1) is 12.1 Å². The van der Waals surface area contributed by atoms with Crippen molar-refractivity contribution in [2.24, 2.45) is 0 Å². The lowest BCUT2D eigenvalue weighted by atomic mass is 10.1. The molecule has 0 saturated carbocycles. The Kier molecular flexibility index (Phi) is 4.99. The van der Waals surface area contributed by atoms with E-state index in [0.717, 1.165) is 29.8 Å². The number of ketones is 1. The first-order valence-electron chi connectivity index (χ1n) is 7.74. The molecule has 0 bridgehead atoms. The second kappa shape index (κ2) is 7.06. The predicted octanol–water partition coefficient (Wildman–Crippen LogP) is 3.63. The molecule has 1 fully saturated rings. The van der Waals surface area contributed by atoms with Crippen molar-refractivity contribution in [1.82, 2.24) is 4.98 Å². The summed E-state index contributed by atoms with van der Waals surface area (Å²) in [5.41, 5.74) is 0.512. The first-order valence-corrected chi connectivity index (χ1v) is 8.73. The van der Waals surface area contributed by atoms with Gasteiger partial charge in [0.25, 0.3) is 5.78 Å². The minimum Gasteiger partial charge on any atom is -0.465 e. The number of hydrogen-bond donors (Lipinski definition) is 1. The van der Waals surface area contributed by atoms with Crippen LogP contribution in [0.4, 0.5) is 18.9 Å². The van der Waals surface area contributed by atoms with E-state index in [1.54, 1.807) is 29.3 Å². The topological polar surface area (TPSA) is 62.4 Å². The summed E-state index contributed by atoms with van der Waals surface area (Å²) >= 11 is 1.05. The Hall–Kier alpha value is -2.42. The number of thioether (sulfide) groups is 1. The molecule has 0 spiro atoms. The summed E-state index contributed by atoms with van der Waals surface area (Å²) in [6.07, 6.45) is -2.71. The molecule has 2 heterocycles. The average Bonchev–Trinajstić information content (AvgIpc) is 3.09. The maximum atomic E-state index is 13.0. The van der Waals surface area contributed by atoms with Crippen LogP contribution in [0.2, 0.25) is 0 Å². The minimum atomic E-state index is -5.16. The molecule has 0 unspecified atom stereocenters. The van der Waals surface area contributed by atoms with Gasteiger partial charge in [-0.25, -0.2) is 4.79 Å². The van der Waals surface area contributed by atoms with Crippen LogP contribution in [0.3, 0.4) is 0 Å². The van der Waals surface area contributed by atoms with Crippen LogP contribution in [0.5, 0.6) is 0 Å². The van der Waals surface area contributed by atoms with E-state index in [0.29, 0.717) is 24.4 Å². The second-order valence-electron chi connectivity index (χ2n) is 5.60. The smallest absolute Gasteiger partial charge is 0.455 e. The highest BCUT2D eigenvalue weighted by Gasteiger charge is 2.46. The van der Waals surface area contributed by atoms with E-state index in [1.807, 2.05) is 6.07 Å². The quantitative estimate of drug-likeness (QED) is 0.379. The van der Waals surface area contributed by atoms with Crippen LogP contribution in [0, 0.1) is 0 Å². The van der Waals surface area contributed by atoms with Gasteiger partial charge >= 0.3 is 12.1 Å². The van der Waals surface area contributed by atoms with E-state index in [1.165, 1.54) is 0 Å². The Labute approximate surface area is 151 Å². The number of nitrogens with one attached hydrogen (secondary N) is 1. The van der Waals surface area contributed by atoms with Gasteiger partial charge in [0.2, 0.25) is 0 Å². The number of Topliss-reactive ketones (excluding diaryl/α,β-unsaturated/α-hetero) is 1. The number of hydrogen-bond acceptors (Lipinski definition) is 5. The van der Waals surface area contributed by atoms with E-state index in [2.05, 4.69) is 9.72 Å². The first kappa shape index (κ1) is 18.4. The van der Waals surface area contributed by atoms with E-state index in [9.17, 15) is 22.8 Å². The Morgan fingerprint density at radius 3 is 2.73 bits per heavy atom. The highest BCUT2D eigenvalue weighted by atomic mass is 32.2. The van der Waals surface area contributed by atoms with Crippen molar-refractivity contribution < 1.29 is 27.5 Å². The lowest BCUT2D eigenvalue weighted by Crippen LogP contribution is -2.35. The molecule has 138 valence electrons. The van der Waals surface area contributed by atoms with Crippen molar-refractivity contribution in [1.29, 1.82) is 0 Å². The molecule has 1 aromatic carbocycles. The number of rotatable bonds is 3. The number of benzene rings is 1. The van der Waals surface area contributed by atoms with Gasteiger partial charge in [-0.1, -0.05) is 0 Å². The van der Waals surface area contributed by atoms with Gasteiger partial charge in [-0.2, -0.15) is 13.2 Å². The van der Waals surface area contributed by atoms with Crippen molar-refractivity contribution in [3.05, 3.63) is 41.1 Å². The molecule has 1 saturated heterocycles. The summed E-state index contributed by atoms with van der Waals surface area (Å²) in [5.74, 6) is -2.98. The van der Waals surface area contributed by atoms with Crippen LogP contribution in [-0.4, -0.2) is 42.3 Å². The number of fused-ring (bicyclic) bond motifs is 1. The lowest BCUT2D eigenvalue weighted by Gasteiger charge is -2.32. The number of methoxy groups -OCH3 is 1. The molecule has 1 aliphatic heterocycles. The molecule has 1 N–H and O–H groups in total.